The normalized spacial score (nSPS) is 11.5. The summed E-state index contributed by atoms with van der Waals surface area (Å²) in [7, 11) is 3.10. The maximum atomic E-state index is 12.6. The molecule has 144 valence electrons. The zero-order valence-corrected chi connectivity index (χ0v) is 16.3. The van der Waals surface area contributed by atoms with E-state index in [1.165, 1.54) is 7.11 Å². The molecule has 0 aliphatic rings. The van der Waals surface area contributed by atoms with E-state index in [0.29, 0.717) is 41.3 Å². The summed E-state index contributed by atoms with van der Waals surface area (Å²) < 4.78 is 16.3. The number of hydrogen-bond acceptors (Lipinski definition) is 6. The van der Waals surface area contributed by atoms with E-state index < -0.39 is 0 Å². The van der Waals surface area contributed by atoms with Gasteiger partial charge in [0.25, 0.3) is 5.56 Å². The molecular formula is C20H25N3O4. The van der Waals surface area contributed by atoms with Crippen LogP contribution < -0.4 is 15.0 Å². The number of nitrogens with zero attached hydrogens (tertiary/aromatic N) is 2. The van der Waals surface area contributed by atoms with Gasteiger partial charge in [0.1, 0.15) is 17.3 Å². The van der Waals surface area contributed by atoms with Crippen molar-refractivity contribution in [2.75, 3.05) is 14.2 Å². The highest BCUT2D eigenvalue weighted by molar-refractivity contribution is 5.81. The number of aromatic nitrogens is 2. The summed E-state index contributed by atoms with van der Waals surface area (Å²) in [6.07, 6.45) is 0. The second kappa shape index (κ2) is 7.84. The molecule has 0 aliphatic heterocycles. The third-order valence-electron chi connectivity index (χ3n) is 4.50. The van der Waals surface area contributed by atoms with Crippen LogP contribution in [0.4, 0.5) is 0 Å². The van der Waals surface area contributed by atoms with Crippen molar-refractivity contribution in [3.05, 3.63) is 52.0 Å². The van der Waals surface area contributed by atoms with Crippen LogP contribution in [-0.2, 0) is 13.1 Å². The predicted molar refractivity (Wildman–Crippen MR) is 103 cm³/mol. The van der Waals surface area contributed by atoms with Crippen molar-refractivity contribution in [2.24, 2.45) is 0 Å². The lowest BCUT2D eigenvalue weighted by atomic mass is 10.2. The van der Waals surface area contributed by atoms with Crippen molar-refractivity contribution in [2.45, 2.75) is 39.9 Å². The molecule has 0 radical (unpaired) electrons. The topological polar surface area (TPSA) is 80.6 Å². The van der Waals surface area contributed by atoms with Gasteiger partial charge in [-0.1, -0.05) is 0 Å². The Bertz CT molecular complexity index is 991. The molecule has 0 atom stereocenters. The van der Waals surface area contributed by atoms with Crippen LogP contribution in [-0.4, -0.2) is 35.1 Å². The number of rotatable bonds is 7. The lowest BCUT2D eigenvalue weighted by Gasteiger charge is -2.24. The molecule has 0 unspecified atom stereocenters. The van der Waals surface area contributed by atoms with Gasteiger partial charge in [0.2, 0.25) is 0 Å². The van der Waals surface area contributed by atoms with Crippen LogP contribution in [0.1, 0.15) is 31.2 Å². The van der Waals surface area contributed by atoms with E-state index in [9.17, 15) is 4.79 Å². The van der Waals surface area contributed by atoms with Gasteiger partial charge in [-0.05, 0) is 39.0 Å². The summed E-state index contributed by atoms with van der Waals surface area (Å²) in [5, 5.41) is 0.467. The fourth-order valence-corrected chi connectivity index (χ4v) is 2.97. The Morgan fingerprint density at radius 2 is 1.85 bits per heavy atom. The fraction of sp³-hybridized carbons (Fsp3) is 0.400. The second-order valence-corrected chi connectivity index (χ2v) is 6.75. The van der Waals surface area contributed by atoms with Crippen molar-refractivity contribution >= 4 is 10.9 Å². The van der Waals surface area contributed by atoms with Gasteiger partial charge in [-0.2, -0.15) is 0 Å². The molecule has 0 fully saturated rings. The maximum absolute atomic E-state index is 12.6. The Morgan fingerprint density at radius 1 is 1.15 bits per heavy atom. The standard InChI is InChI=1S/C20H25N3O4/c1-12(2)23(10-14-7-6-13(3)27-14)11-19-21-16-9-18(26-5)17(25-4)8-15(16)20(24)22-19/h6-9,12H,10-11H2,1-5H3,(H,21,22,24). The zero-order chi connectivity index (χ0) is 19.6. The number of H-pyrrole nitrogens is 1. The monoisotopic (exact) mass is 371 g/mol. The lowest BCUT2D eigenvalue weighted by Crippen LogP contribution is -2.31. The molecule has 2 aromatic heterocycles. The first-order valence-corrected chi connectivity index (χ1v) is 8.85. The molecule has 0 saturated heterocycles. The van der Waals surface area contributed by atoms with Crippen LogP contribution >= 0.6 is 0 Å². The summed E-state index contributed by atoms with van der Waals surface area (Å²) >= 11 is 0. The second-order valence-electron chi connectivity index (χ2n) is 6.75. The van der Waals surface area contributed by atoms with E-state index in [1.807, 2.05) is 19.1 Å². The van der Waals surface area contributed by atoms with Gasteiger partial charge in [0.15, 0.2) is 11.5 Å². The van der Waals surface area contributed by atoms with E-state index in [2.05, 4.69) is 28.7 Å². The summed E-state index contributed by atoms with van der Waals surface area (Å²) in [5.41, 5.74) is 0.373. The van der Waals surface area contributed by atoms with Gasteiger partial charge in [-0.25, -0.2) is 4.98 Å². The Morgan fingerprint density at radius 3 is 2.44 bits per heavy atom. The number of benzene rings is 1. The number of hydrogen-bond donors (Lipinski definition) is 1. The van der Waals surface area contributed by atoms with Crippen LogP contribution in [0.3, 0.4) is 0 Å². The van der Waals surface area contributed by atoms with Gasteiger partial charge < -0.3 is 18.9 Å². The SMILES string of the molecule is COc1cc2nc(CN(Cc3ccc(C)o3)C(C)C)[nH]c(=O)c2cc1OC. The van der Waals surface area contributed by atoms with Crippen molar-refractivity contribution < 1.29 is 13.9 Å². The van der Waals surface area contributed by atoms with Crippen LogP contribution in [0.2, 0.25) is 0 Å². The summed E-state index contributed by atoms with van der Waals surface area (Å²) in [4.78, 5) is 22.2. The molecule has 3 rings (SSSR count). The minimum atomic E-state index is -0.200. The summed E-state index contributed by atoms with van der Waals surface area (Å²) in [5.74, 6) is 3.40. The minimum Gasteiger partial charge on any atom is -0.493 e. The molecule has 0 bridgehead atoms. The first-order chi connectivity index (χ1) is 12.9. The van der Waals surface area contributed by atoms with Crippen LogP contribution in [0.5, 0.6) is 11.5 Å². The molecule has 0 aliphatic carbocycles. The van der Waals surface area contributed by atoms with E-state index >= 15 is 0 Å². The first-order valence-electron chi connectivity index (χ1n) is 8.85. The molecule has 0 amide bonds. The zero-order valence-electron chi connectivity index (χ0n) is 16.3. The third-order valence-corrected chi connectivity index (χ3v) is 4.50. The van der Waals surface area contributed by atoms with Crippen LogP contribution in [0.15, 0.2) is 33.5 Å². The highest BCUT2D eigenvalue weighted by atomic mass is 16.5. The predicted octanol–water partition coefficient (Wildman–Crippen LogP) is 3.25. The number of methoxy groups -OCH3 is 2. The maximum Gasteiger partial charge on any atom is 0.258 e. The molecular weight excluding hydrogens is 346 g/mol. The minimum absolute atomic E-state index is 0.200. The number of fused-ring (bicyclic) bond motifs is 1. The largest absolute Gasteiger partial charge is 0.493 e. The van der Waals surface area contributed by atoms with E-state index in [0.717, 1.165) is 11.5 Å². The third kappa shape index (κ3) is 4.14. The van der Waals surface area contributed by atoms with Crippen molar-refractivity contribution in [3.63, 3.8) is 0 Å². The van der Waals surface area contributed by atoms with Crippen molar-refractivity contribution in [1.29, 1.82) is 0 Å². The molecule has 1 aromatic carbocycles. The van der Waals surface area contributed by atoms with Crippen LogP contribution in [0.25, 0.3) is 10.9 Å². The average molecular weight is 371 g/mol. The van der Waals surface area contributed by atoms with E-state index in [4.69, 9.17) is 13.9 Å². The number of aryl methyl sites for hydroxylation is 1. The number of nitrogens with one attached hydrogen (secondary N) is 1. The summed E-state index contributed by atoms with van der Waals surface area (Å²) in [6.45, 7) is 7.26. The summed E-state index contributed by atoms with van der Waals surface area (Å²) in [6, 6.07) is 7.54. The quantitative estimate of drug-likeness (QED) is 0.687. The van der Waals surface area contributed by atoms with Crippen LogP contribution in [0, 0.1) is 6.92 Å². The lowest BCUT2D eigenvalue weighted by molar-refractivity contribution is 0.182. The Labute approximate surface area is 157 Å². The number of ether oxygens (including phenoxy) is 2. The van der Waals surface area contributed by atoms with Crippen molar-refractivity contribution in [1.82, 2.24) is 14.9 Å². The smallest absolute Gasteiger partial charge is 0.258 e. The van der Waals surface area contributed by atoms with Gasteiger partial charge in [-0.15, -0.1) is 0 Å². The van der Waals surface area contributed by atoms with Gasteiger partial charge in [0, 0.05) is 12.1 Å². The fourth-order valence-electron chi connectivity index (χ4n) is 2.97. The molecule has 2 heterocycles. The highest BCUT2D eigenvalue weighted by Gasteiger charge is 2.16. The average Bonchev–Trinajstić information content (AvgIpc) is 3.05. The van der Waals surface area contributed by atoms with Gasteiger partial charge in [0.05, 0.1) is 38.2 Å². The molecule has 0 spiro atoms. The molecule has 0 saturated carbocycles. The molecule has 3 aromatic rings. The first kappa shape index (κ1) is 19.0. The Hall–Kier alpha value is -2.80. The number of aromatic amines is 1. The van der Waals surface area contributed by atoms with E-state index in [1.54, 1.807) is 19.2 Å². The molecule has 7 nitrogen and oxygen atoms in total. The Balaban J connectivity index is 1.93. The Kier molecular flexibility index (Phi) is 5.51. The molecule has 1 N–H and O–H groups in total. The highest BCUT2D eigenvalue weighted by Crippen LogP contribution is 2.30. The van der Waals surface area contributed by atoms with Crippen molar-refractivity contribution in [3.8, 4) is 11.5 Å². The number of furan rings is 1. The molecule has 7 heteroatoms. The molecule has 27 heavy (non-hydrogen) atoms. The van der Waals surface area contributed by atoms with Gasteiger partial charge in [-0.3, -0.25) is 9.69 Å². The van der Waals surface area contributed by atoms with E-state index in [-0.39, 0.29) is 11.6 Å². The van der Waals surface area contributed by atoms with Gasteiger partial charge >= 0.3 is 0 Å².